The summed E-state index contributed by atoms with van der Waals surface area (Å²) in [4.78, 5) is 17.0. The Labute approximate surface area is 150 Å². The number of benzene rings is 2. The topological polar surface area (TPSA) is 32.8 Å². The SMILES string of the molecule is COc1ccc(CN2CCN(C(=O)c3cccc(C)c3)CC2)cc1C. The highest BCUT2D eigenvalue weighted by Crippen LogP contribution is 2.20. The zero-order valence-electron chi connectivity index (χ0n) is 15.3. The van der Waals surface area contributed by atoms with Gasteiger partial charge in [0.15, 0.2) is 0 Å². The number of nitrogens with zero attached hydrogens (tertiary/aromatic N) is 2. The Bertz CT molecular complexity index is 749. The second kappa shape index (κ2) is 7.70. The highest BCUT2D eigenvalue weighted by Gasteiger charge is 2.22. The molecule has 0 bridgehead atoms. The van der Waals surface area contributed by atoms with Crippen LogP contribution in [0.4, 0.5) is 0 Å². The minimum Gasteiger partial charge on any atom is -0.496 e. The van der Waals surface area contributed by atoms with Gasteiger partial charge in [-0.25, -0.2) is 0 Å². The summed E-state index contributed by atoms with van der Waals surface area (Å²) in [6, 6.07) is 14.2. The fourth-order valence-electron chi connectivity index (χ4n) is 3.37. The van der Waals surface area contributed by atoms with Gasteiger partial charge in [0.1, 0.15) is 5.75 Å². The molecule has 1 heterocycles. The van der Waals surface area contributed by atoms with Gasteiger partial charge < -0.3 is 9.64 Å². The number of aryl methyl sites for hydroxylation is 2. The molecule has 2 aromatic carbocycles. The summed E-state index contributed by atoms with van der Waals surface area (Å²) in [5, 5.41) is 0. The minimum absolute atomic E-state index is 0.142. The quantitative estimate of drug-likeness (QED) is 0.858. The first-order valence-electron chi connectivity index (χ1n) is 8.78. The second-order valence-corrected chi connectivity index (χ2v) is 6.74. The van der Waals surface area contributed by atoms with Crippen molar-refractivity contribution in [3.63, 3.8) is 0 Å². The number of rotatable bonds is 4. The van der Waals surface area contributed by atoms with E-state index < -0.39 is 0 Å². The van der Waals surface area contributed by atoms with Crippen molar-refractivity contribution >= 4 is 5.91 Å². The maximum absolute atomic E-state index is 12.6. The number of piperazine rings is 1. The van der Waals surface area contributed by atoms with Gasteiger partial charge in [-0.1, -0.05) is 29.8 Å². The smallest absolute Gasteiger partial charge is 0.253 e. The molecule has 0 atom stereocenters. The van der Waals surface area contributed by atoms with Crippen LogP contribution in [0.1, 0.15) is 27.0 Å². The van der Waals surface area contributed by atoms with Gasteiger partial charge in [-0.05, 0) is 43.2 Å². The van der Waals surface area contributed by atoms with Crippen LogP contribution in [0.3, 0.4) is 0 Å². The third-order valence-electron chi connectivity index (χ3n) is 4.79. The van der Waals surface area contributed by atoms with Crippen LogP contribution in [0.5, 0.6) is 5.75 Å². The molecule has 2 aromatic rings. The molecule has 1 aliphatic heterocycles. The number of carbonyl (C=O) groups excluding carboxylic acids is 1. The molecule has 132 valence electrons. The molecule has 0 radical (unpaired) electrons. The largest absolute Gasteiger partial charge is 0.496 e. The Morgan fingerprint density at radius 1 is 1.04 bits per heavy atom. The molecule has 0 unspecified atom stereocenters. The molecule has 4 nitrogen and oxygen atoms in total. The Balaban J connectivity index is 1.56. The number of methoxy groups -OCH3 is 1. The molecule has 1 aliphatic rings. The van der Waals surface area contributed by atoms with Crippen LogP contribution >= 0.6 is 0 Å². The molecule has 0 spiro atoms. The van der Waals surface area contributed by atoms with E-state index in [4.69, 9.17) is 4.74 Å². The van der Waals surface area contributed by atoms with Crippen molar-refractivity contribution in [3.05, 3.63) is 64.7 Å². The maximum atomic E-state index is 12.6. The monoisotopic (exact) mass is 338 g/mol. The van der Waals surface area contributed by atoms with Crippen LogP contribution in [-0.2, 0) is 6.54 Å². The predicted molar refractivity (Wildman–Crippen MR) is 100 cm³/mol. The predicted octanol–water partition coefficient (Wildman–Crippen LogP) is 3.27. The molecule has 3 rings (SSSR count). The number of hydrogen-bond acceptors (Lipinski definition) is 3. The van der Waals surface area contributed by atoms with Gasteiger partial charge in [0, 0.05) is 38.3 Å². The zero-order chi connectivity index (χ0) is 17.8. The first-order chi connectivity index (χ1) is 12.1. The Morgan fingerprint density at radius 3 is 2.44 bits per heavy atom. The summed E-state index contributed by atoms with van der Waals surface area (Å²) < 4.78 is 5.32. The van der Waals surface area contributed by atoms with Crippen LogP contribution in [-0.4, -0.2) is 49.0 Å². The molecule has 0 N–H and O–H groups in total. The maximum Gasteiger partial charge on any atom is 0.253 e. The van der Waals surface area contributed by atoms with Gasteiger partial charge in [0.25, 0.3) is 5.91 Å². The third kappa shape index (κ3) is 4.20. The highest BCUT2D eigenvalue weighted by atomic mass is 16.5. The van der Waals surface area contributed by atoms with Gasteiger partial charge >= 0.3 is 0 Å². The van der Waals surface area contributed by atoms with Crippen molar-refractivity contribution in [1.29, 1.82) is 0 Å². The van der Waals surface area contributed by atoms with Crippen LogP contribution in [0.2, 0.25) is 0 Å². The minimum atomic E-state index is 0.142. The summed E-state index contributed by atoms with van der Waals surface area (Å²) in [7, 11) is 1.70. The third-order valence-corrected chi connectivity index (χ3v) is 4.79. The lowest BCUT2D eigenvalue weighted by atomic mass is 10.1. The normalized spacial score (nSPS) is 15.2. The van der Waals surface area contributed by atoms with E-state index >= 15 is 0 Å². The summed E-state index contributed by atoms with van der Waals surface area (Å²) in [6.07, 6.45) is 0. The standard InChI is InChI=1S/C21H26N2O2/c1-16-5-4-6-19(13-16)21(24)23-11-9-22(10-12-23)15-18-7-8-20(25-3)17(2)14-18/h4-8,13-14H,9-12,15H2,1-3H3. The lowest BCUT2D eigenvalue weighted by molar-refractivity contribution is 0.0628. The van der Waals surface area contributed by atoms with E-state index in [-0.39, 0.29) is 5.91 Å². The number of amides is 1. The van der Waals surface area contributed by atoms with E-state index in [1.54, 1.807) is 7.11 Å². The van der Waals surface area contributed by atoms with Gasteiger partial charge in [-0.3, -0.25) is 9.69 Å². The Kier molecular flexibility index (Phi) is 5.39. The van der Waals surface area contributed by atoms with Crippen molar-refractivity contribution in [2.24, 2.45) is 0 Å². The lowest BCUT2D eigenvalue weighted by Gasteiger charge is -2.35. The molecule has 0 aromatic heterocycles. The first kappa shape index (κ1) is 17.5. The zero-order valence-corrected chi connectivity index (χ0v) is 15.3. The van der Waals surface area contributed by atoms with E-state index in [0.717, 1.165) is 55.2 Å². The van der Waals surface area contributed by atoms with Crippen molar-refractivity contribution in [1.82, 2.24) is 9.80 Å². The van der Waals surface area contributed by atoms with E-state index in [1.165, 1.54) is 5.56 Å². The Morgan fingerprint density at radius 2 is 1.80 bits per heavy atom. The van der Waals surface area contributed by atoms with E-state index in [9.17, 15) is 4.79 Å². The van der Waals surface area contributed by atoms with Gasteiger partial charge in [0.2, 0.25) is 0 Å². The van der Waals surface area contributed by atoms with Crippen LogP contribution in [0.15, 0.2) is 42.5 Å². The average molecular weight is 338 g/mol. The lowest BCUT2D eigenvalue weighted by Crippen LogP contribution is -2.48. The molecule has 4 heteroatoms. The number of hydrogen-bond donors (Lipinski definition) is 0. The van der Waals surface area contributed by atoms with Crippen molar-refractivity contribution in [3.8, 4) is 5.75 Å². The summed E-state index contributed by atoms with van der Waals surface area (Å²) in [5.41, 5.74) is 4.36. The molecule has 25 heavy (non-hydrogen) atoms. The molecule has 1 amide bonds. The van der Waals surface area contributed by atoms with E-state index in [1.807, 2.05) is 42.2 Å². The molecule has 0 saturated carbocycles. The first-order valence-corrected chi connectivity index (χ1v) is 8.78. The van der Waals surface area contributed by atoms with Crippen molar-refractivity contribution in [2.45, 2.75) is 20.4 Å². The Hall–Kier alpha value is -2.33. The number of carbonyl (C=O) groups is 1. The van der Waals surface area contributed by atoms with E-state index in [2.05, 4.69) is 24.0 Å². The molecule has 1 fully saturated rings. The second-order valence-electron chi connectivity index (χ2n) is 6.74. The van der Waals surface area contributed by atoms with Crippen LogP contribution < -0.4 is 4.74 Å². The van der Waals surface area contributed by atoms with Gasteiger partial charge in [-0.15, -0.1) is 0 Å². The van der Waals surface area contributed by atoms with Gasteiger partial charge in [-0.2, -0.15) is 0 Å². The fourth-order valence-corrected chi connectivity index (χ4v) is 3.37. The molecule has 0 aliphatic carbocycles. The highest BCUT2D eigenvalue weighted by molar-refractivity contribution is 5.94. The van der Waals surface area contributed by atoms with Crippen molar-refractivity contribution < 1.29 is 9.53 Å². The average Bonchev–Trinajstić information content (AvgIpc) is 2.62. The molecular formula is C21H26N2O2. The van der Waals surface area contributed by atoms with E-state index in [0.29, 0.717) is 0 Å². The summed E-state index contributed by atoms with van der Waals surface area (Å²) in [6.45, 7) is 8.37. The van der Waals surface area contributed by atoms with Crippen LogP contribution in [0.25, 0.3) is 0 Å². The van der Waals surface area contributed by atoms with Gasteiger partial charge in [0.05, 0.1) is 7.11 Å². The fraction of sp³-hybridized carbons (Fsp3) is 0.381. The van der Waals surface area contributed by atoms with Crippen LogP contribution in [0, 0.1) is 13.8 Å². The molecular weight excluding hydrogens is 312 g/mol. The summed E-state index contributed by atoms with van der Waals surface area (Å²) in [5.74, 6) is 1.07. The van der Waals surface area contributed by atoms with Crippen molar-refractivity contribution in [2.75, 3.05) is 33.3 Å². The summed E-state index contributed by atoms with van der Waals surface area (Å²) >= 11 is 0. The molecule has 1 saturated heterocycles. The number of ether oxygens (including phenoxy) is 1.